The maximum atomic E-state index is 12.9. The summed E-state index contributed by atoms with van der Waals surface area (Å²) in [5.41, 5.74) is 1.63. The number of aryl methyl sites for hydroxylation is 2. The van der Waals surface area contributed by atoms with Gasteiger partial charge in [-0.15, -0.1) is 0 Å². The number of nitrogens with zero attached hydrogens (tertiary/aromatic N) is 2. The molecule has 1 aliphatic heterocycles. The second-order valence-corrected chi connectivity index (χ2v) is 9.35. The summed E-state index contributed by atoms with van der Waals surface area (Å²) in [4.78, 5) is 25.8. The molecule has 0 aliphatic carbocycles. The number of carbonyl (C=O) groups excluding carboxylic acids is 2. The van der Waals surface area contributed by atoms with E-state index in [-0.39, 0.29) is 30.9 Å². The SMILES string of the molecule is Cc1ccc(C)c(S(=O)(=O)N2CCN(CC(=O)NCC(=O)NC(C)C)CC2)c1. The first-order valence-electron chi connectivity index (χ1n) is 9.45. The van der Waals surface area contributed by atoms with Gasteiger partial charge in [0.1, 0.15) is 0 Å². The molecule has 2 rings (SSSR count). The Bertz CT molecular complexity index is 815. The number of carbonyl (C=O) groups is 2. The molecule has 1 aromatic rings. The molecule has 8 nitrogen and oxygen atoms in total. The molecule has 0 radical (unpaired) electrons. The van der Waals surface area contributed by atoms with Crippen molar-refractivity contribution in [2.45, 2.75) is 38.6 Å². The Morgan fingerprint density at radius 1 is 1.07 bits per heavy atom. The molecule has 0 spiro atoms. The van der Waals surface area contributed by atoms with E-state index in [9.17, 15) is 18.0 Å². The maximum absolute atomic E-state index is 12.9. The zero-order valence-electron chi connectivity index (χ0n) is 17.0. The molecule has 28 heavy (non-hydrogen) atoms. The minimum atomic E-state index is -3.55. The van der Waals surface area contributed by atoms with E-state index in [4.69, 9.17) is 0 Å². The van der Waals surface area contributed by atoms with Gasteiger partial charge in [-0.2, -0.15) is 4.31 Å². The molecule has 1 heterocycles. The highest BCUT2D eigenvalue weighted by Gasteiger charge is 2.30. The number of sulfonamides is 1. The lowest BCUT2D eigenvalue weighted by molar-refractivity contribution is -0.127. The van der Waals surface area contributed by atoms with Gasteiger partial charge in [0, 0.05) is 32.2 Å². The van der Waals surface area contributed by atoms with E-state index >= 15 is 0 Å². The number of hydrogen-bond donors (Lipinski definition) is 2. The molecule has 0 bridgehead atoms. The van der Waals surface area contributed by atoms with Crippen molar-refractivity contribution in [2.75, 3.05) is 39.3 Å². The standard InChI is InChI=1S/C19H30N4O4S/c1-14(2)21-18(24)12-20-19(25)13-22-7-9-23(10-8-22)28(26,27)17-11-15(3)5-6-16(17)4/h5-6,11,14H,7-10,12-13H2,1-4H3,(H,20,25)(H,21,24). The van der Waals surface area contributed by atoms with E-state index < -0.39 is 10.0 Å². The number of hydrogen-bond acceptors (Lipinski definition) is 5. The van der Waals surface area contributed by atoms with E-state index in [1.54, 1.807) is 13.0 Å². The predicted molar refractivity (Wildman–Crippen MR) is 107 cm³/mol. The van der Waals surface area contributed by atoms with Crippen molar-refractivity contribution in [3.8, 4) is 0 Å². The summed E-state index contributed by atoms with van der Waals surface area (Å²) in [6.07, 6.45) is 0. The van der Waals surface area contributed by atoms with Gasteiger partial charge in [0.15, 0.2) is 0 Å². The predicted octanol–water partition coefficient (Wildman–Crippen LogP) is 0.251. The Kier molecular flexibility index (Phi) is 7.56. The first kappa shape index (κ1) is 22.3. The van der Waals surface area contributed by atoms with Crippen molar-refractivity contribution in [3.63, 3.8) is 0 Å². The Morgan fingerprint density at radius 2 is 1.71 bits per heavy atom. The van der Waals surface area contributed by atoms with Crippen molar-refractivity contribution in [1.29, 1.82) is 0 Å². The Balaban J connectivity index is 1.86. The average Bonchev–Trinajstić information content (AvgIpc) is 2.62. The van der Waals surface area contributed by atoms with Crippen LogP contribution in [0.4, 0.5) is 0 Å². The number of piperazine rings is 1. The topological polar surface area (TPSA) is 98.8 Å². The van der Waals surface area contributed by atoms with Gasteiger partial charge in [0.2, 0.25) is 21.8 Å². The second-order valence-electron chi connectivity index (χ2n) is 7.45. The van der Waals surface area contributed by atoms with Crippen LogP contribution in [-0.2, 0) is 19.6 Å². The van der Waals surface area contributed by atoms with Crippen molar-refractivity contribution >= 4 is 21.8 Å². The third-order valence-corrected chi connectivity index (χ3v) is 6.60. The largest absolute Gasteiger partial charge is 0.352 e. The van der Waals surface area contributed by atoms with Gasteiger partial charge < -0.3 is 10.6 Å². The molecule has 2 N–H and O–H groups in total. The van der Waals surface area contributed by atoms with Gasteiger partial charge in [0.05, 0.1) is 18.0 Å². The summed E-state index contributed by atoms with van der Waals surface area (Å²) in [6.45, 7) is 9.05. The van der Waals surface area contributed by atoms with Crippen LogP contribution in [0.5, 0.6) is 0 Å². The van der Waals surface area contributed by atoms with Gasteiger partial charge in [-0.05, 0) is 44.9 Å². The lowest BCUT2D eigenvalue weighted by Gasteiger charge is -2.33. The molecule has 9 heteroatoms. The second kappa shape index (κ2) is 9.49. The number of nitrogens with one attached hydrogen (secondary N) is 2. The average molecular weight is 411 g/mol. The van der Waals surface area contributed by atoms with Gasteiger partial charge in [-0.1, -0.05) is 12.1 Å². The quantitative estimate of drug-likeness (QED) is 0.671. The molecular formula is C19H30N4O4S. The Labute approximate surface area is 167 Å². The van der Waals surface area contributed by atoms with Gasteiger partial charge >= 0.3 is 0 Å². The molecule has 0 saturated carbocycles. The first-order valence-corrected chi connectivity index (χ1v) is 10.9. The van der Waals surface area contributed by atoms with Crippen LogP contribution in [-0.4, -0.2) is 74.7 Å². The summed E-state index contributed by atoms with van der Waals surface area (Å²) < 4.78 is 27.3. The normalized spacial score (nSPS) is 16.2. The van der Waals surface area contributed by atoms with Crippen LogP contribution in [0.25, 0.3) is 0 Å². The van der Waals surface area contributed by atoms with Crippen molar-refractivity contribution in [2.24, 2.45) is 0 Å². The van der Waals surface area contributed by atoms with Crippen molar-refractivity contribution < 1.29 is 18.0 Å². The van der Waals surface area contributed by atoms with E-state index in [0.29, 0.717) is 31.1 Å². The van der Waals surface area contributed by atoms with Crippen LogP contribution in [0.3, 0.4) is 0 Å². The molecule has 1 aliphatic rings. The minimum Gasteiger partial charge on any atom is -0.352 e. The van der Waals surface area contributed by atoms with E-state index in [2.05, 4.69) is 10.6 Å². The van der Waals surface area contributed by atoms with Gasteiger partial charge in [-0.25, -0.2) is 8.42 Å². The summed E-state index contributed by atoms with van der Waals surface area (Å²) >= 11 is 0. The smallest absolute Gasteiger partial charge is 0.243 e. The maximum Gasteiger partial charge on any atom is 0.243 e. The van der Waals surface area contributed by atoms with Crippen molar-refractivity contribution in [1.82, 2.24) is 19.8 Å². The molecular weight excluding hydrogens is 380 g/mol. The first-order chi connectivity index (χ1) is 13.1. The fourth-order valence-corrected chi connectivity index (χ4v) is 4.80. The summed E-state index contributed by atoms with van der Waals surface area (Å²) in [7, 11) is -3.55. The molecule has 0 aromatic heterocycles. The Morgan fingerprint density at radius 3 is 2.32 bits per heavy atom. The highest BCUT2D eigenvalue weighted by atomic mass is 32.2. The van der Waals surface area contributed by atoms with E-state index in [1.807, 2.05) is 37.8 Å². The molecule has 1 saturated heterocycles. The van der Waals surface area contributed by atoms with E-state index in [1.165, 1.54) is 4.31 Å². The molecule has 156 valence electrons. The number of rotatable bonds is 7. The summed E-state index contributed by atoms with van der Waals surface area (Å²) in [5.74, 6) is -0.475. The molecule has 0 atom stereocenters. The number of amides is 2. The van der Waals surface area contributed by atoms with E-state index in [0.717, 1.165) is 11.1 Å². The Hall–Kier alpha value is -1.97. The van der Waals surface area contributed by atoms with Crippen LogP contribution in [0, 0.1) is 13.8 Å². The van der Waals surface area contributed by atoms with Crippen LogP contribution in [0.2, 0.25) is 0 Å². The lowest BCUT2D eigenvalue weighted by Crippen LogP contribution is -2.51. The highest BCUT2D eigenvalue weighted by Crippen LogP contribution is 2.22. The third kappa shape index (κ3) is 6.02. The number of benzene rings is 1. The summed E-state index contributed by atoms with van der Waals surface area (Å²) in [6, 6.07) is 5.44. The molecule has 1 aromatic carbocycles. The molecule has 0 unspecified atom stereocenters. The molecule has 1 fully saturated rings. The third-order valence-electron chi connectivity index (χ3n) is 4.56. The van der Waals surface area contributed by atoms with Gasteiger partial charge in [-0.3, -0.25) is 14.5 Å². The van der Waals surface area contributed by atoms with Gasteiger partial charge in [0.25, 0.3) is 0 Å². The van der Waals surface area contributed by atoms with Crippen LogP contribution in [0.15, 0.2) is 23.1 Å². The van der Waals surface area contributed by atoms with Crippen LogP contribution in [0.1, 0.15) is 25.0 Å². The van der Waals surface area contributed by atoms with Crippen LogP contribution >= 0.6 is 0 Å². The lowest BCUT2D eigenvalue weighted by atomic mass is 10.2. The van der Waals surface area contributed by atoms with Crippen LogP contribution < -0.4 is 10.6 Å². The fraction of sp³-hybridized carbons (Fsp3) is 0.579. The molecule has 2 amide bonds. The zero-order chi connectivity index (χ0) is 20.9. The monoisotopic (exact) mass is 410 g/mol. The minimum absolute atomic E-state index is 0.0245. The fourth-order valence-electron chi connectivity index (χ4n) is 3.06. The summed E-state index contributed by atoms with van der Waals surface area (Å²) in [5, 5.41) is 5.30. The van der Waals surface area contributed by atoms with Crippen molar-refractivity contribution in [3.05, 3.63) is 29.3 Å². The zero-order valence-corrected chi connectivity index (χ0v) is 17.8. The highest BCUT2D eigenvalue weighted by molar-refractivity contribution is 7.89.